The topological polar surface area (TPSA) is 96.3 Å². The van der Waals surface area contributed by atoms with Gasteiger partial charge in [-0.1, -0.05) is 51.1 Å². The van der Waals surface area contributed by atoms with Crippen LogP contribution in [-0.4, -0.2) is 58.1 Å². The van der Waals surface area contributed by atoms with Gasteiger partial charge in [0, 0.05) is 31.4 Å². The quantitative estimate of drug-likeness (QED) is 0.504. The zero-order valence-electron chi connectivity index (χ0n) is 20.9. The first-order valence-corrected chi connectivity index (χ1v) is 12.2. The molecule has 0 bridgehead atoms. The van der Waals surface area contributed by atoms with Crippen molar-refractivity contribution in [3.05, 3.63) is 65.6 Å². The normalized spacial score (nSPS) is 14.8. The number of aromatic nitrogens is 2. The van der Waals surface area contributed by atoms with Gasteiger partial charge in [-0.25, -0.2) is 4.39 Å². The standard InChI is InChI=1S/C27H32FN5O3/c1-27(2,3)24(26(36)29-14-16-32-15-6-9-22(32)34)30-25(35)23-20-7-4-5-8-21(20)33(31-23)17-18-10-12-19(28)13-11-18/h4-5,7-8,10-13,24H,6,9,14-17H2,1-3H3,(H,29,36)(H,30,35)/t24-/m1/s1. The third-order valence-electron chi connectivity index (χ3n) is 6.37. The Morgan fingerprint density at radius 3 is 2.50 bits per heavy atom. The van der Waals surface area contributed by atoms with Crippen LogP contribution in [0.25, 0.3) is 10.9 Å². The van der Waals surface area contributed by atoms with E-state index < -0.39 is 17.4 Å². The number of fused-ring (bicyclic) bond motifs is 1. The Bertz CT molecular complexity index is 1260. The number of benzene rings is 2. The minimum atomic E-state index is -0.805. The molecule has 1 aromatic heterocycles. The maximum absolute atomic E-state index is 13.4. The first kappa shape index (κ1) is 25.3. The second-order valence-corrected chi connectivity index (χ2v) is 10.2. The molecule has 8 nitrogen and oxygen atoms in total. The SMILES string of the molecule is CC(C)(C)[C@H](NC(=O)c1nn(Cc2ccc(F)cc2)c2ccccc12)C(=O)NCCN1CCCC1=O. The molecule has 1 aliphatic rings. The van der Waals surface area contributed by atoms with Crippen molar-refractivity contribution in [3.8, 4) is 0 Å². The molecule has 1 atom stereocenters. The summed E-state index contributed by atoms with van der Waals surface area (Å²) >= 11 is 0. The molecule has 3 aromatic rings. The Kier molecular flexibility index (Phi) is 7.37. The molecule has 36 heavy (non-hydrogen) atoms. The van der Waals surface area contributed by atoms with Crippen LogP contribution in [0.4, 0.5) is 4.39 Å². The summed E-state index contributed by atoms with van der Waals surface area (Å²) in [5.74, 6) is -0.970. The monoisotopic (exact) mass is 493 g/mol. The molecule has 4 rings (SSSR count). The summed E-state index contributed by atoms with van der Waals surface area (Å²) in [5.41, 5.74) is 1.27. The lowest BCUT2D eigenvalue weighted by atomic mass is 9.86. The van der Waals surface area contributed by atoms with Gasteiger partial charge < -0.3 is 15.5 Å². The van der Waals surface area contributed by atoms with Crippen LogP contribution in [0.3, 0.4) is 0 Å². The van der Waals surface area contributed by atoms with Crippen LogP contribution in [0, 0.1) is 11.2 Å². The largest absolute Gasteiger partial charge is 0.353 e. The highest BCUT2D eigenvalue weighted by Crippen LogP contribution is 2.23. The fourth-order valence-corrected chi connectivity index (χ4v) is 4.41. The molecule has 0 radical (unpaired) electrons. The minimum absolute atomic E-state index is 0.105. The van der Waals surface area contributed by atoms with Gasteiger partial charge in [0.15, 0.2) is 5.69 Å². The predicted octanol–water partition coefficient (Wildman–Crippen LogP) is 3.11. The fourth-order valence-electron chi connectivity index (χ4n) is 4.41. The van der Waals surface area contributed by atoms with Crippen LogP contribution in [-0.2, 0) is 16.1 Å². The Morgan fingerprint density at radius 2 is 1.83 bits per heavy atom. The molecule has 2 heterocycles. The third-order valence-corrected chi connectivity index (χ3v) is 6.37. The van der Waals surface area contributed by atoms with Gasteiger partial charge in [0.1, 0.15) is 11.9 Å². The Hall–Kier alpha value is -3.75. The van der Waals surface area contributed by atoms with Gasteiger partial charge in [0.25, 0.3) is 5.91 Å². The summed E-state index contributed by atoms with van der Waals surface area (Å²) in [7, 11) is 0. The van der Waals surface area contributed by atoms with Gasteiger partial charge in [0.05, 0.1) is 12.1 Å². The number of likely N-dealkylation sites (tertiary alicyclic amines) is 1. The second-order valence-electron chi connectivity index (χ2n) is 10.2. The van der Waals surface area contributed by atoms with E-state index in [1.54, 1.807) is 21.7 Å². The lowest BCUT2D eigenvalue weighted by Gasteiger charge is -2.30. The van der Waals surface area contributed by atoms with E-state index in [1.165, 1.54) is 12.1 Å². The molecule has 1 fully saturated rings. The van der Waals surface area contributed by atoms with Gasteiger partial charge in [-0.2, -0.15) is 5.10 Å². The molecule has 0 unspecified atom stereocenters. The van der Waals surface area contributed by atoms with Gasteiger partial charge in [0.2, 0.25) is 11.8 Å². The summed E-state index contributed by atoms with van der Waals surface area (Å²) in [6.07, 6.45) is 1.39. The summed E-state index contributed by atoms with van der Waals surface area (Å²) in [6, 6.07) is 12.7. The molecule has 1 aliphatic heterocycles. The lowest BCUT2D eigenvalue weighted by Crippen LogP contribution is -2.54. The van der Waals surface area contributed by atoms with E-state index >= 15 is 0 Å². The van der Waals surface area contributed by atoms with Crippen molar-refractivity contribution in [1.29, 1.82) is 0 Å². The smallest absolute Gasteiger partial charge is 0.273 e. The molecular weight excluding hydrogens is 461 g/mol. The Morgan fingerprint density at radius 1 is 1.11 bits per heavy atom. The van der Waals surface area contributed by atoms with Crippen molar-refractivity contribution >= 4 is 28.6 Å². The number of nitrogens with one attached hydrogen (secondary N) is 2. The van der Waals surface area contributed by atoms with Crippen LogP contribution >= 0.6 is 0 Å². The fraction of sp³-hybridized carbons (Fsp3) is 0.407. The van der Waals surface area contributed by atoms with Crippen molar-refractivity contribution in [2.24, 2.45) is 5.41 Å². The molecule has 0 spiro atoms. The number of rotatable bonds is 8. The summed E-state index contributed by atoms with van der Waals surface area (Å²) < 4.78 is 15.0. The van der Waals surface area contributed by atoms with Crippen molar-refractivity contribution < 1.29 is 18.8 Å². The summed E-state index contributed by atoms with van der Waals surface area (Å²) in [4.78, 5) is 40.0. The highest BCUT2D eigenvalue weighted by Gasteiger charge is 2.34. The maximum Gasteiger partial charge on any atom is 0.273 e. The molecular formula is C27H32FN5O3. The number of nitrogens with zero attached hydrogens (tertiary/aromatic N) is 3. The number of halogens is 1. The molecule has 1 saturated heterocycles. The van der Waals surface area contributed by atoms with Crippen LogP contribution in [0.2, 0.25) is 0 Å². The van der Waals surface area contributed by atoms with E-state index in [9.17, 15) is 18.8 Å². The van der Waals surface area contributed by atoms with Gasteiger partial charge in [-0.15, -0.1) is 0 Å². The average molecular weight is 494 g/mol. The zero-order chi connectivity index (χ0) is 25.9. The average Bonchev–Trinajstić information content (AvgIpc) is 3.41. The maximum atomic E-state index is 13.4. The van der Waals surface area contributed by atoms with Crippen LogP contribution in [0.1, 0.15) is 49.7 Å². The van der Waals surface area contributed by atoms with E-state index in [1.807, 2.05) is 45.0 Å². The second kappa shape index (κ2) is 10.5. The number of carbonyl (C=O) groups excluding carboxylic acids is 3. The predicted molar refractivity (Wildman–Crippen MR) is 135 cm³/mol. The van der Waals surface area contributed by atoms with Gasteiger partial charge in [-0.05, 0) is 35.6 Å². The third kappa shape index (κ3) is 5.72. The number of para-hydroxylation sites is 1. The van der Waals surface area contributed by atoms with E-state index in [0.29, 0.717) is 38.0 Å². The molecule has 0 aliphatic carbocycles. The van der Waals surface area contributed by atoms with Gasteiger partial charge in [-0.3, -0.25) is 19.1 Å². The highest BCUT2D eigenvalue weighted by atomic mass is 19.1. The number of carbonyl (C=O) groups is 3. The highest BCUT2D eigenvalue weighted by molar-refractivity contribution is 6.06. The number of hydrogen-bond acceptors (Lipinski definition) is 4. The first-order chi connectivity index (χ1) is 17.1. The van der Waals surface area contributed by atoms with Crippen LogP contribution in [0.15, 0.2) is 48.5 Å². The van der Waals surface area contributed by atoms with Crippen molar-refractivity contribution in [1.82, 2.24) is 25.3 Å². The van der Waals surface area contributed by atoms with E-state index in [0.717, 1.165) is 17.5 Å². The first-order valence-electron chi connectivity index (χ1n) is 12.2. The summed E-state index contributed by atoms with van der Waals surface area (Å²) in [5, 5.41) is 11.0. The molecule has 190 valence electrons. The molecule has 9 heteroatoms. The number of amides is 3. The van der Waals surface area contributed by atoms with Crippen molar-refractivity contribution in [2.75, 3.05) is 19.6 Å². The number of hydrogen-bond donors (Lipinski definition) is 2. The summed E-state index contributed by atoms with van der Waals surface area (Å²) in [6.45, 7) is 7.50. The van der Waals surface area contributed by atoms with Crippen molar-refractivity contribution in [2.45, 2.75) is 46.2 Å². The Balaban J connectivity index is 1.50. The molecule has 0 saturated carbocycles. The van der Waals surface area contributed by atoms with Crippen LogP contribution < -0.4 is 10.6 Å². The molecule has 2 aromatic carbocycles. The van der Waals surface area contributed by atoms with E-state index in [4.69, 9.17) is 0 Å². The minimum Gasteiger partial charge on any atom is -0.353 e. The van der Waals surface area contributed by atoms with Gasteiger partial charge >= 0.3 is 0 Å². The lowest BCUT2D eigenvalue weighted by molar-refractivity contribution is -0.129. The van der Waals surface area contributed by atoms with E-state index in [2.05, 4.69) is 15.7 Å². The van der Waals surface area contributed by atoms with Crippen LogP contribution in [0.5, 0.6) is 0 Å². The van der Waals surface area contributed by atoms with E-state index in [-0.39, 0.29) is 23.3 Å². The van der Waals surface area contributed by atoms with Crippen molar-refractivity contribution in [3.63, 3.8) is 0 Å². The zero-order valence-corrected chi connectivity index (χ0v) is 20.9. The molecule has 3 amide bonds. The Labute approximate surface area is 209 Å². The molecule has 2 N–H and O–H groups in total.